The van der Waals surface area contributed by atoms with E-state index in [1.807, 2.05) is 36.4 Å². The highest BCUT2D eigenvalue weighted by Gasteiger charge is 2.07. The maximum atomic E-state index is 5.85. The molecule has 0 saturated heterocycles. The average molecular weight is 395 g/mol. The van der Waals surface area contributed by atoms with E-state index in [1.165, 1.54) is 5.56 Å². The van der Waals surface area contributed by atoms with Gasteiger partial charge < -0.3 is 15.4 Å². The smallest absolute Gasteiger partial charge is 0.191 e. The molecule has 5 nitrogen and oxygen atoms in total. The molecule has 3 rings (SSSR count). The lowest BCUT2D eigenvalue weighted by molar-refractivity contribution is 0.301. The van der Waals surface area contributed by atoms with Gasteiger partial charge in [-0.25, -0.2) is 0 Å². The van der Waals surface area contributed by atoms with E-state index in [1.54, 1.807) is 24.6 Å². The predicted molar refractivity (Wildman–Crippen MR) is 116 cm³/mol. The molecule has 0 saturated carbocycles. The molecule has 146 valence electrons. The number of nitrogens with zero attached hydrogens (tertiary/aromatic N) is 2. The summed E-state index contributed by atoms with van der Waals surface area (Å²) in [6.07, 6.45) is 1.77. The van der Waals surface area contributed by atoms with Crippen LogP contribution in [0, 0.1) is 0 Å². The quantitative estimate of drug-likeness (QED) is 0.444. The summed E-state index contributed by atoms with van der Waals surface area (Å²) in [5, 5.41) is 11.1. The molecule has 3 aromatic rings. The Labute approximate surface area is 170 Å². The number of hydrogen-bond donors (Lipinski definition) is 2. The fourth-order valence-electron chi connectivity index (χ4n) is 2.72. The molecule has 0 aliphatic heterocycles. The van der Waals surface area contributed by atoms with Crippen LogP contribution in [0.15, 0.2) is 70.5 Å². The first-order valence-corrected chi connectivity index (χ1v) is 10.3. The second-order valence-corrected chi connectivity index (χ2v) is 7.30. The van der Waals surface area contributed by atoms with Crippen molar-refractivity contribution in [1.82, 2.24) is 15.6 Å². The Morgan fingerprint density at radius 3 is 2.86 bits per heavy atom. The van der Waals surface area contributed by atoms with Gasteiger partial charge in [0.05, 0.1) is 5.69 Å². The van der Waals surface area contributed by atoms with Crippen molar-refractivity contribution in [3.63, 3.8) is 0 Å². The van der Waals surface area contributed by atoms with E-state index in [0.717, 1.165) is 29.5 Å². The minimum Gasteiger partial charge on any atom is -0.487 e. The second-order valence-electron chi connectivity index (χ2n) is 6.52. The van der Waals surface area contributed by atoms with Crippen LogP contribution in [0.2, 0.25) is 0 Å². The molecule has 0 fully saturated rings. The van der Waals surface area contributed by atoms with Crippen LogP contribution in [0.4, 0.5) is 0 Å². The predicted octanol–water partition coefficient (Wildman–Crippen LogP) is 4.19. The first-order valence-electron chi connectivity index (χ1n) is 9.33. The highest BCUT2D eigenvalue weighted by atomic mass is 32.1. The Morgan fingerprint density at radius 2 is 2.11 bits per heavy atom. The van der Waals surface area contributed by atoms with Crippen molar-refractivity contribution < 1.29 is 4.74 Å². The Hall–Kier alpha value is -2.86. The van der Waals surface area contributed by atoms with Gasteiger partial charge in [0.25, 0.3) is 0 Å². The first-order chi connectivity index (χ1) is 13.7. The van der Waals surface area contributed by atoms with Crippen molar-refractivity contribution in [3.05, 3.63) is 82.3 Å². The fourth-order valence-corrected chi connectivity index (χ4v) is 3.50. The highest BCUT2D eigenvalue weighted by molar-refractivity contribution is 7.07. The lowest BCUT2D eigenvalue weighted by Gasteiger charge is -2.16. The maximum absolute atomic E-state index is 5.85. The van der Waals surface area contributed by atoms with Crippen LogP contribution >= 0.6 is 11.3 Å². The molecular formula is C22H26N4OS. The molecule has 0 amide bonds. The van der Waals surface area contributed by atoms with Gasteiger partial charge in [-0.1, -0.05) is 25.1 Å². The van der Waals surface area contributed by atoms with Crippen molar-refractivity contribution >= 4 is 17.3 Å². The van der Waals surface area contributed by atoms with Gasteiger partial charge in [0.1, 0.15) is 12.4 Å². The van der Waals surface area contributed by atoms with E-state index in [4.69, 9.17) is 4.74 Å². The van der Waals surface area contributed by atoms with Crippen LogP contribution in [-0.2, 0) is 13.2 Å². The van der Waals surface area contributed by atoms with E-state index in [9.17, 15) is 0 Å². The second kappa shape index (κ2) is 10.5. The van der Waals surface area contributed by atoms with Gasteiger partial charge in [-0.05, 0) is 58.1 Å². The molecule has 1 aromatic carbocycles. The van der Waals surface area contributed by atoms with Crippen LogP contribution in [0.25, 0.3) is 0 Å². The molecule has 0 aliphatic carbocycles. The summed E-state index contributed by atoms with van der Waals surface area (Å²) in [6.45, 7) is 4.18. The number of benzene rings is 1. The number of rotatable bonds is 8. The van der Waals surface area contributed by atoms with E-state index in [0.29, 0.717) is 19.1 Å². The van der Waals surface area contributed by atoms with Crippen LogP contribution in [0.3, 0.4) is 0 Å². The van der Waals surface area contributed by atoms with Gasteiger partial charge >= 0.3 is 0 Å². The zero-order valence-corrected chi connectivity index (χ0v) is 17.1. The van der Waals surface area contributed by atoms with Gasteiger partial charge in [0.2, 0.25) is 0 Å². The zero-order valence-electron chi connectivity index (χ0n) is 16.3. The standard InChI is InChI=1S/C22H26N4OS/c1-17(19-9-11-28-16-19)13-25-22(23-2)26-14-18-6-5-8-21(12-18)27-15-20-7-3-4-10-24-20/h3-12,16-17H,13-15H2,1-2H3,(H2,23,25,26). The molecule has 2 aromatic heterocycles. The third-order valence-electron chi connectivity index (χ3n) is 4.38. The average Bonchev–Trinajstić information content (AvgIpc) is 3.28. The Bertz CT molecular complexity index is 865. The fraction of sp³-hybridized carbons (Fsp3) is 0.273. The van der Waals surface area contributed by atoms with E-state index in [2.05, 4.69) is 50.4 Å². The zero-order chi connectivity index (χ0) is 19.6. The molecule has 0 spiro atoms. The van der Waals surface area contributed by atoms with Crippen LogP contribution < -0.4 is 15.4 Å². The van der Waals surface area contributed by atoms with Crippen molar-refractivity contribution in [2.45, 2.75) is 26.0 Å². The molecule has 0 radical (unpaired) electrons. The third kappa shape index (κ3) is 6.09. The Kier molecular flexibility index (Phi) is 7.44. The molecule has 2 N–H and O–H groups in total. The summed E-state index contributed by atoms with van der Waals surface area (Å²) in [7, 11) is 1.79. The van der Waals surface area contributed by atoms with Gasteiger partial charge in [-0.15, -0.1) is 0 Å². The number of nitrogens with one attached hydrogen (secondary N) is 2. The molecular weight excluding hydrogens is 368 g/mol. The van der Waals surface area contributed by atoms with Crippen molar-refractivity contribution in [2.24, 2.45) is 4.99 Å². The summed E-state index contributed by atoms with van der Waals surface area (Å²) in [4.78, 5) is 8.59. The minimum absolute atomic E-state index is 0.438. The summed E-state index contributed by atoms with van der Waals surface area (Å²) >= 11 is 1.73. The summed E-state index contributed by atoms with van der Waals surface area (Å²) in [5.74, 6) is 2.06. The van der Waals surface area contributed by atoms with E-state index < -0.39 is 0 Å². The number of pyridine rings is 1. The molecule has 1 unspecified atom stereocenters. The number of thiophene rings is 1. The molecule has 6 heteroatoms. The van der Waals surface area contributed by atoms with Gasteiger partial charge in [-0.2, -0.15) is 11.3 Å². The van der Waals surface area contributed by atoms with Gasteiger partial charge in [0, 0.05) is 26.3 Å². The lowest BCUT2D eigenvalue weighted by Crippen LogP contribution is -2.38. The maximum Gasteiger partial charge on any atom is 0.191 e. The topological polar surface area (TPSA) is 58.5 Å². The third-order valence-corrected chi connectivity index (χ3v) is 5.08. The largest absolute Gasteiger partial charge is 0.487 e. The number of hydrogen-bond acceptors (Lipinski definition) is 4. The monoisotopic (exact) mass is 394 g/mol. The first kappa shape index (κ1) is 19.9. The normalized spacial score (nSPS) is 12.4. The number of guanidine groups is 1. The van der Waals surface area contributed by atoms with Crippen LogP contribution in [-0.4, -0.2) is 24.5 Å². The summed E-state index contributed by atoms with van der Waals surface area (Å²) in [6, 6.07) is 16.1. The Morgan fingerprint density at radius 1 is 1.18 bits per heavy atom. The molecule has 28 heavy (non-hydrogen) atoms. The van der Waals surface area contributed by atoms with Crippen LogP contribution in [0.1, 0.15) is 29.7 Å². The summed E-state index contributed by atoms with van der Waals surface area (Å²) in [5.41, 5.74) is 3.40. The molecule has 0 aliphatic rings. The van der Waals surface area contributed by atoms with Crippen molar-refractivity contribution in [2.75, 3.05) is 13.6 Å². The molecule has 2 heterocycles. The van der Waals surface area contributed by atoms with Crippen molar-refractivity contribution in [1.29, 1.82) is 0 Å². The van der Waals surface area contributed by atoms with Gasteiger partial charge in [-0.3, -0.25) is 9.98 Å². The van der Waals surface area contributed by atoms with E-state index >= 15 is 0 Å². The summed E-state index contributed by atoms with van der Waals surface area (Å²) < 4.78 is 5.85. The van der Waals surface area contributed by atoms with E-state index in [-0.39, 0.29) is 0 Å². The van der Waals surface area contributed by atoms with Crippen LogP contribution in [0.5, 0.6) is 5.75 Å². The minimum atomic E-state index is 0.438. The number of aromatic nitrogens is 1. The number of ether oxygens (including phenoxy) is 1. The highest BCUT2D eigenvalue weighted by Crippen LogP contribution is 2.17. The van der Waals surface area contributed by atoms with Gasteiger partial charge in [0.15, 0.2) is 5.96 Å². The Balaban J connectivity index is 1.47. The molecule has 0 bridgehead atoms. The number of aliphatic imine (C=N–C) groups is 1. The lowest BCUT2D eigenvalue weighted by atomic mass is 10.1. The van der Waals surface area contributed by atoms with Crippen molar-refractivity contribution in [3.8, 4) is 5.75 Å². The SMILES string of the molecule is CN=C(NCc1cccc(OCc2ccccn2)c1)NCC(C)c1ccsc1. The molecule has 1 atom stereocenters.